The van der Waals surface area contributed by atoms with E-state index in [1.54, 1.807) is 12.1 Å². The van der Waals surface area contributed by atoms with E-state index in [1.807, 2.05) is 6.92 Å². The summed E-state index contributed by atoms with van der Waals surface area (Å²) >= 11 is 3.31. The maximum Gasteiger partial charge on any atom is 0.255 e. The maximum atomic E-state index is 13.2. The fourth-order valence-electron chi connectivity index (χ4n) is 1.64. The van der Waals surface area contributed by atoms with Crippen LogP contribution in [0.4, 0.5) is 4.39 Å². The van der Waals surface area contributed by atoms with E-state index in [2.05, 4.69) is 31.0 Å². The maximum absolute atomic E-state index is 13.2. The van der Waals surface area contributed by atoms with Crippen LogP contribution in [-0.2, 0) is 0 Å². The fraction of sp³-hybridized carbons (Fsp3) is 0.0833. The van der Waals surface area contributed by atoms with Crippen molar-refractivity contribution in [1.82, 2.24) is 19.6 Å². The molecular formula is C12H8BrFN4O. The quantitative estimate of drug-likeness (QED) is 0.727. The first-order chi connectivity index (χ1) is 9.13. The van der Waals surface area contributed by atoms with E-state index in [-0.39, 0.29) is 5.82 Å². The summed E-state index contributed by atoms with van der Waals surface area (Å²) in [6, 6.07) is 5.93. The molecule has 0 saturated carbocycles. The predicted molar refractivity (Wildman–Crippen MR) is 69.7 cm³/mol. The Labute approximate surface area is 116 Å². The second-order valence-corrected chi connectivity index (χ2v) is 4.74. The third-order valence-electron chi connectivity index (χ3n) is 2.46. The van der Waals surface area contributed by atoms with Crippen molar-refractivity contribution in [2.45, 2.75) is 6.92 Å². The molecule has 0 aliphatic rings. The molecule has 3 aromatic rings. The Morgan fingerprint density at radius 1 is 1.32 bits per heavy atom. The second-order valence-electron chi connectivity index (χ2n) is 3.88. The molecule has 0 unspecified atom stereocenters. The molecule has 0 atom stereocenters. The Morgan fingerprint density at radius 3 is 3.00 bits per heavy atom. The van der Waals surface area contributed by atoms with Gasteiger partial charge in [0.2, 0.25) is 5.88 Å². The van der Waals surface area contributed by atoms with Gasteiger partial charge in [0.05, 0.1) is 4.47 Å². The molecule has 0 spiro atoms. The number of nitrogens with zero attached hydrogens (tertiary/aromatic N) is 4. The number of halogens is 2. The highest BCUT2D eigenvalue weighted by Crippen LogP contribution is 2.30. The first-order valence-electron chi connectivity index (χ1n) is 5.44. The smallest absolute Gasteiger partial charge is 0.255 e. The molecule has 0 N–H and O–H groups in total. The zero-order valence-electron chi connectivity index (χ0n) is 9.84. The molecule has 3 rings (SSSR count). The van der Waals surface area contributed by atoms with Gasteiger partial charge in [-0.3, -0.25) is 0 Å². The lowest BCUT2D eigenvalue weighted by atomic mass is 10.3. The number of ether oxygens (including phenoxy) is 1. The second kappa shape index (κ2) is 4.58. The molecule has 1 aromatic carbocycles. The van der Waals surface area contributed by atoms with Crippen LogP contribution in [0.2, 0.25) is 0 Å². The molecule has 7 heteroatoms. The summed E-state index contributed by atoms with van der Waals surface area (Å²) in [6.45, 7) is 1.82. The van der Waals surface area contributed by atoms with Crippen molar-refractivity contribution in [2.24, 2.45) is 0 Å². The highest BCUT2D eigenvalue weighted by Gasteiger charge is 2.10. The van der Waals surface area contributed by atoms with E-state index >= 15 is 0 Å². The van der Waals surface area contributed by atoms with Gasteiger partial charge in [-0.05, 0) is 35.0 Å². The van der Waals surface area contributed by atoms with E-state index < -0.39 is 0 Å². The van der Waals surface area contributed by atoms with E-state index in [0.29, 0.717) is 21.9 Å². The van der Waals surface area contributed by atoms with Crippen molar-refractivity contribution in [1.29, 1.82) is 0 Å². The molecule has 96 valence electrons. The topological polar surface area (TPSA) is 52.3 Å². The summed E-state index contributed by atoms with van der Waals surface area (Å²) < 4.78 is 21.0. The molecule has 0 saturated heterocycles. The van der Waals surface area contributed by atoms with Crippen molar-refractivity contribution < 1.29 is 9.13 Å². The van der Waals surface area contributed by atoms with Crippen LogP contribution >= 0.6 is 15.9 Å². The monoisotopic (exact) mass is 322 g/mol. The Kier molecular flexibility index (Phi) is 2.90. The number of fused-ring (bicyclic) bond motifs is 1. The Hall–Kier alpha value is -2.02. The van der Waals surface area contributed by atoms with Crippen LogP contribution in [0.3, 0.4) is 0 Å². The number of hydrogen-bond acceptors (Lipinski definition) is 4. The highest BCUT2D eigenvalue weighted by molar-refractivity contribution is 9.10. The lowest BCUT2D eigenvalue weighted by molar-refractivity contribution is 0.438. The highest BCUT2D eigenvalue weighted by atomic mass is 79.9. The number of hydrogen-bond donors (Lipinski definition) is 0. The number of benzene rings is 1. The van der Waals surface area contributed by atoms with Crippen LogP contribution in [0, 0.1) is 12.7 Å². The Balaban J connectivity index is 2.10. The summed E-state index contributed by atoms with van der Waals surface area (Å²) in [5, 5.41) is 4.02. The van der Waals surface area contributed by atoms with Crippen molar-refractivity contribution in [3.05, 3.63) is 46.6 Å². The molecule has 5 nitrogen and oxygen atoms in total. The third kappa shape index (κ3) is 2.28. The van der Waals surface area contributed by atoms with Crippen molar-refractivity contribution in [3.8, 4) is 11.6 Å². The van der Waals surface area contributed by atoms with E-state index in [0.717, 1.165) is 5.69 Å². The summed E-state index contributed by atoms with van der Waals surface area (Å²) in [7, 11) is 0. The standard InChI is InChI=1S/C12H8BrFN4O/c1-7-4-11(18-12(17-7)15-6-16-18)19-10-5-8(14)2-3-9(10)13/h2-6H,1H3. The van der Waals surface area contributed by atoms with Crippen LogP contribution < -0.4 is 4.74 Å². The molecule has 0 bridgehead atoms. The normalized spacial score (nSPS) is 10.9. The molecule has 0 radical (unpaired) electrons. The Morgan fingerprint density at radius 2 is 2.16 bits per heavy atom. The minimum atomic E-state index is -0.376. The summed E-state index contributed by atoms with van der Waals surface area (Å²) in [6.07, 6.45) is 1.38. The molecule has 2 heterocycles. The number of aryl methyl sites for hydroxylation is 1. The van der Waals surface area contributed by atoms with Gasteiger partial charge in [-0.1, -0.05) is 0 Å². The van der Waals surface area contributed by atoms with E-state index in [4.69, 9.17) is 4.74 Å². The van der Waals surface area contributed by atoms with Gasteiger partial charge in [0.1, 0.15) is 17.9 Å². The fourth-order valence-corrected chi connectivity index (χ4v) is 1.97. The van der Waals surface area contributed by atoms with Crippen LogP contribution in [0.25, 0.3) is 5.78 Å². The van der Waals surface area contributed by atoms with Gasteiger partial charge >= 0.3 is 0 Å². The van der Waals surface area contributed by atoms with Crippen LogP contribution in [0.5, 0.6) is 11.6 Å². The lowest BCUT2D eigenvalue weighted by Gasteiger charge is -2.09. The molecule has 2 aromatic heterocycles. The van der Waals surface area contributed by atoms with Crippen LogP contribution in [-0.4, -0.2) is 19.6 Å². The molecule has 19 heavy (non-hydrogen) atoms. The van der Waals surface area contributed by atoms with Gasteiger partial charge in [0.25, 0.3) is 5.78 Å². The summed E-state index contributed by atoms with van der Waals surface area (Å²) in [5.74, 6) is 0.843. The van der Waals surface area contributed by atoms with E-state index in [9.17, 15) is 4.39 Å². The minimum Gasteiger partial charge on any atom is -0.438 e. The van der Waals surface area contributed by atoms with Gasteiger partial charge in [-0.2, -0.15) is 14.6 Å². The van der Waals surface area contributed by atoms with Gasteiger partial charge in [-0.15, -0.1) is 0 Å². The molecule has 0 fully saturated rings. The summed E-state index contributed by atoms with van der Waals surface area (Å²) in [5.41, 5.74) is 0.739. The number of rotatable bonds is 2. The molecule has 0 aliphatic heterocycles. The zero-order chi connectivity index (χ0) is 13.4. The summed E-state index contributed by atoms with van der Waals surface area (Å²) in [4.78, 5) is 8.20. The first-order valence-corrected chi connectivity index (χ1v) is 6.23. The van der Waals surface area contributed by atoms with Crippen molar-refractivity contribution in [3.63, 3.8) is 0 Å². The predicted octanol–water partition coefficient (Wildman–Crippen LogP) is 3.13. The average Bonchev–Trinajstić information content (AvgIpc) is 2.82. The zero-order valence-corrected chi connectivity index (χ0v) is 11.4. The molecular weight excluding hydrogens is 315 g/mol. The van der Waals surface area contributed by atoms with Crippen molar-refractivity contribution >= 4 is 21.7 Å². The van der Waals surface area contributed by atoms with Crippen LogP contribution in [0.15, 0.2) is 35.1 Å². The van der Waals surface area contributed by atoms with Gasteiger partial charge in [0.15, 0.2) is 0 Å². The van der Waals surface area contributed by atoms with Gasteiger partial charge in [0, 0.05) is 17.8 Å². The largest absolute Gasteiger partial charge is 0.438 e. The van der Waals surface area contributed by atoms with Gasteiger partial charge < -0.3 is 4.74 Å². The van der Waals surface area contributed by atoms with Gasteiger partial charge in [-0.25, -0.2) is 9.37 Å². The van der Waals surface area contributed by atoms with Crippen molar-refractivity contribution in [2.75, 3.05) is 0 Å². The number of aromatic nitrogens is 4. The Bertz CT molecular complexity index is 759. The third-order valence-corrected chi connectivity index (χ3v) is 3.11. The minimum absolute atomic E-state index is 0.363. The van der Waals surface area contributed by atoms with E-state index in [1.165, 1.54) is 23.0 Å². The van der Waals surface area contributed by atoms with Crippen LogP contribution in [0.1, 0.15) is 5.69 Å². The first kappa shape index (κ1) is 12.0. The lowest BCUT2D eigenvalue weighted by Crippen LogP contribution is -1.99. The molecule has 0 aliphatic carbocycles. The SMILES string of the molecule is Cc1cc(Oc2cc(F)ccc2Br)n2ncnc2n1. The average molecular weight is 323 g/mol. The molecule has 0 amide bonds.